The van der Waals surface area contributed by atoms with E-state index in [1.54, 1.807) is 13.2 Å². The Morgan fingerprint density at radius 3 is 2.42 bits per heavy atom. The lowest BCUT2D eigenvalue weighted by atomic mass is 9.97. The van der Waals surface area contributed by atoms with Crippen LogP contribution >= 0.6 is 0 Å². The van der Waals surface area contributed by atoms with Crippen molar-refractivity contribution in [1.82, 2.24) is 0 Å². The number of aliphatic hydroxyl groups excluding tert-OH is 1. The first kappa shape index (κ1) is 17.8. The molecule has 3 rings (SSSR count). The maximum atomic E-state index is 9.79. The first-order chi connectivity index (χ1) is 12.7. The Kier molecular flexibility index (Phi) is 5.72. The molecule has 0 atom stereocenters. The second kappa shape index (κ2) is 8.37. The lowest BCUT2D eigenvalue weighted by molar-refractivity contribution is 0.281. The number of ether oxygens (including phenoxy) is 2. The molecule has 0 radical (unpaired) electrons. The van der Waals surface area contributed by atoms with Gasteiger partial charge in [0.15, 0.2) is 0 Å². The Bertz CT molecular complexity index is 885. The number of benzene rings is 3. The highest BCUT2D eigenvalue weighted by molar-refractivity contribution is 5.75. The Balaban J connectivity index is 2.00. The molecular weight excluding hydrogens is 324 g/mol. The second-order valence-electron chi connectivity index (χ2n) is 5.92. The molecule has 3 aromatic rings. The first-order valence-corrected chi connectivity index (χ1v) is 8.46. The Labute approximate surface area is 154 Å². The molecule has 0 saturated heterocycles. The summed E-state index contributed by atoms with van der Waals surface area (Å²) in [6.07, 6.45) is 1.79. The zero-order valence-corrected chi connectivity index (χ0v) is 14.8. The molecular formula is C23H22O3. The molecule has 0 unspecified atom stereocenters. The van der Waals surface area contributed by atoms with Crippen molar-refractivity contribution in [3.05, 3.63) is 90.0 Å². The van der Waals surface area contributed by atoms with Crippen LogP contribution < -0.4 is 9.47 Å². The summed E-state index contributed by atoms with van der Waals surface area (Å²) in [6.45, 7) is 4.23. The molecule has 0 fully saturated rings. The summed E-state index contributed by atoms with van der Waals surface area (Å²) in [6, 6.07) is 21.7. The average Bonchev–Trinajstić information content (AvgIpc) is 2.72. The molecule has 0 bridgehead atoms. The molecule has 0 spiro atoms. The smallest absolute Gasteiger partial charge is 0.128 e. The third-order valence-corrected chi connectivity index (χ3v) is 4.25. The van der Waals surface area contributed by atoms with Crippen LogP contribution in [0.2, 0.25) is 0 Å². The van der Waals surface area contributed by atoms with Gasteiger partial charge in [0.1, 0.15) is 18.1 Å². The molecule has 0 aromatic heterocycles. The van der Waals surface area contributed by atoms with Crippen molar-refractivity contribution >= 4 is 6.08 Å². The highest BCUT2D eigenvalue weighted by atomic mass is 16.5. The fourth-order valence-electron chi connectivity index (χ4n) is 2.83. The zero-order valence-electron chi connectivity index (χ0n) is 14.8. The van der Waals surface area contributed by atoms with Gasteiger partial charge in [-0.05, 0) is 40.5 Å². The van der Waals surface area contributed by atoms with Crippen molar-refractivity contribution in [2.75, 3.05) is 7.11 Å². The molecule has 0 aliphatic rings. The summed E-state index contributed by atoms with van der Waals surface area (Å²) in [5.41, 5.74) is 4.72. The fraction of sp³-hybridized carbons (Fsp3) is 0.130. The van der Waals surface area contributed by atoms with Gasteiger partial charge >= 0.3 is 0 Å². The van der Waals surface area contributed by atoms with Crippen molar-refractivity contribution in [2.24, 2.45) is 0 Å². The van der Waals surface area contributed by atoms with Gasteiger partial charge in [-0.15, -0.1) is 0 Å². The summed E-state index contributed by atoms with van der Waals surface area (Å²) in [5.74, 6) is 1.47. The molecule has 0 amide bonds. The molecule has 1 N–H and O–H groups in total. The summed E-state index contributed by atoms with van der Waals surface area (Å²) in [4.78, 5) is 0. The maximum Gasteiger partial charge on any atom is 0.128 e. The van der Waals surface area contributed by atoms with Gasteiger partial charge in [-0.1, -0.05) is 61.2 Å². The Morgan fingerprint density at radius 2 is 1.73 bits per heavy atom. The first-order valence-electron chi connectivity index (χ1n) is 8.46. The van der Waals surface area contributed by atoms with Crippen LogP contribution in [0.3, 0.4) is 0 Å². The third kappa shape index (κ3) is 3.95. The van der Waals surface area contributed by atoms with Crippen LogP contribution in [-0.4, -0.2) is 12.2 Å². The van der Waals surface area contributed by atoms with Gasteiger partial charge in [0.25, 0.3) is 0 Å². The van der Waals surface area contributed by atoms with Gasteiger partial charge in [0.05, 0.1) is 13.7 Å². The number of aliphatic hydroxyl groups is 1. The van der Waals surface area contributed by atoms with Crippen molar-refractivity contribution < 1.29 is 14.6 Å². The molecule has 3 heteroatoms. The lowest BCUT2D eigenvalue weighted by Gasteiger charge is -2.16. The minimum atomic E-state index is -0.0755. The number of rotatable bonds is 7. The third-order valence-electron chi connectivity index (χ3n) is 4.25. The zero-order chi connectivity index (χ0) is 18.4. The predicted octanol–water partition coefficient (Wildman–Crippen LogP) is 5.08. The van der Waals surface area contributed by atoms with Crippen LogP contribution in [-0.2, 0) is 13.2 Å². The van der Waals surface area contributed by atoms with Crippen LogP contribution in [0.4, 0.5) is 0 Å². The molecule has 26 heavy (non-hydrogen) atoms. The van der Waals surface area contributed by atoms with Crippen LogP contribution in [0.1, 0.15) is 16.7 Å². The van der Waals surface area contributed by atoms with Gasteiger partial charge in [-0.25, -0.2) is 0 Å². The van der Waals surface area contributed by atoms with Gasteiger partial charge in [-0.2, -0.15) is 0 Å². The topological polar surface area (TPSA) is 38.7 Å². The number of hydrogen-bond acceptors (Lipinski definition) is 3. The molecule has 3 nitrogen and oxygen atoms in total. The van der Waals surface area contributed by atoms with E-state index in [0.29, 0.717) is 12.4 Å². The molecule has 0 saturated carbocycles. The van der Waals surface area contributed by atoms with Gasteiger partial charge in [0.2, 0.25) is 0 Å². The minimum absolute atomic E-state index is 0.0755. The quantitative estimate of drug-likeness (QED) is 0.649. The predicted molar refractivity (Wildman–Crippen MR) is 105 cm³/mol. The fourth-order valence-corrected chi connectivity index (χ4v) is 2.83. The number of hydrogen-bond donors (Lipinski definition) is 1. The van der Waals surface area contributed by atoms with Crippen molar-refractivity contribution in [2.45, 2.75) is 13.2 Å². The SMILES string of the molecule is C=Cc1ccc(-c2ccc(OC)cc2CO)c(OCc2ccccc2)c1. The van der Waals surface area contributed by atoms with Crippen LogP contribution in [0, 0.1) is 0 Å². The monoisotopic (exact) mass is 346 g/mol. The highest BCUT2D eigenvalue weighted by Crippen LogP contribution is 2.35. The minimum Gasteiger partial charge on any atom is -0.497 e. The van der Waals surface area contributed by atoms with Gasteiger partial charge in [-0.3, -0.25) is 0 Å². The average molecular weight is 346 g/mol. The van der Waals surface area contributed by atoms with Crippen molar-refractivity contribution in [3.8, 4) is 22.6 Å². The van der Waals surface area contributed by atoms with Crippen LogP contribution in [0.15, 0.2) is 73.3 Å². The van der Waals surface area contributed by atoms with Gasteiger partial charge in [0, 0.05) is 5.56 Å². The van der Waals surface area contributed by atoms with Crippen LogP contribution in [0.5, 0.6) is 11.5 Å². The largest absolute Gasteiger partial charge is 0.497 e. The summed E-state index contributed by atoms with van der Waals surface area (Å²) in [5, 5.41) is 9.79. The van der Waals surface area contributed by atoms with E-state index < -0.39 is 0 Å². The summed E-state index contributed by atoms with van der Waals surface area (Å²) < 4.78 is 11.4. The molecule has 0 aliphatic carbocycles. The van der Waals surface area contributed by atoms with E-state index in [9.17, 15) is 5.11 Å². The van der Waals surface area contributed by atoms with Crippen LogP contribution in [0.25, 0.3) is 17.2 Å². The van der Waals surface area contributed by atoms with E-state index in [-0.39, 0.29) is 6.61 Å². The normalized spacial score (nSPS) is 10.4. The highest BCUT2D eigenvalue weighted by Gasteiger charge is 2.12. The van der Waals surface area contributed by atoms with E-state index in [2.05, 4.69) is 6.58 Å². The Morgan fingerprint density at radius 1 is 0.962 bits per heavy atom. The maximum absolute atomic E-state index is 9.79. The van der Waals surface area contributed by atoms with E-state index >= 15 is 0 Å². The molecule has 132 valence electrons. The van der Waals surface area contributed by atoms with Gasteiger partial charge < -0.3 is 14.6 Å². The summed E-state index contributed by atoms with van der Waals surface area (Å²) >= 11 is 0. The van der Waals surface area contributed by atoms with E-state index in [1.165, 1.54) is 0 Å². The van der Waals surface area contributed by atoms with Crippen molar-refractivity contribution in [3.63, 3.8) is 0 Å². The Hall–Kier alpha value is -3.04. The second-order valence-corrected chi connectivity index (χ2v) is 5.92. The number of methoxy groups -OCH3 is 1. The summed E-state index contributed by atoms with van der Waals surface area (Å²) in [7, 11) is 1.61. The molecule has 3 aromatic carbocycles. The van der Waals surface area contributed by atoms with Crippen molar-refractivity contribution in [1.29, 1.82) is 0 Å². The molecule has 0 heterocycles. The molecule has 0 aliphatic heterocycles. The van der Waals surface area contributed by atoms with E-state index in [1.807, 2.05) is 66.7 Å². The van der Waals surface area contributed by atoms with E-state index in [0.717, 1.165) is 33.6 Å². The standard InChI is InChI=1S/C23H22O3/c1-3-17-9-11-22(21-12-10-20(25-2)14-19(21)15-24)23(13-17)26-16-18-7-5-4-6-8-18/h3-14,24H,1,15-16H2,2H3. The van der Waals surface area contributed by atoms with E-state index in [4.69, 9.17) is 9.47 Å². The lowest BCUT2D eigenvalue weighted by Crippen LogP contribution is -1.99.